The third-order valence-corrected chi connectivity index (χ3v) is 4.20. The smallest absolute Gasteiger partial charge is 0.272 e. The normalized spacial score (nSPS) is 16.5. The van der Waals surface area contributed by atoms with Gasteiger partial charge in [-0.2, -0.15) is 5.26 Å². The molecule has 1 aromatic carbocycles. The first-order valence-electron chi connectivity index (χ1n) is 8.07. The van der Waals surface area contributed by atoms with Crippen molar-refractivity contribution in [2.75, 3.05) is 19.8 Å². The molecule has 24 heavy (non-hydrogen) atoms. The fourth-order valence-electron chi connectivity index (χ4n) is 2.85. The molecule has 1 atom stereocenters. The molecule has 1 saturated heterocycles. The lowest BCUT2D eigenvalue weighted by atomic mass is 10.1. The minimum atomic E-state index is -0.106. The third kappa shape index (κ3) is 3.79. The maximum atomic E-state index is 12.9. The summed E-state index contributed by atoms with van der Waals surface area (Å²) in [6, 6.07) is 15.5. The fourth-order valence-corrected chi connectivity index (χ4v) is 2.85. The number of carbonyl (C=O) groups is 1. The summed E-state index contributed by atoms with van der Waals surface area (Å²) in [6.45, 7) is 1.87. The number of hydrogen-bond donors (Lipinski definition) is 0. The summed E-state index contributed by atoms with van der Waals surface area (Å²) >= 11 is 0. The van der Waals surface area contributed by atoms with Crippen molar-refractivity contribution in [1.29, 1.82) is 5.26 Å². The lowest BCUT2D eigenvalue weighted by Gasteiger charge is -2.28. The summed E-state index contributed by atoms with van der Waals surface area (Å²) in [5.74, 6) is -0.106. The number of benzene rings is 1. The number of amides is 1. The molecule has 1 amide bonds. The minimum absolute atomic E-state index is 0.0821. The SMILES string of the molecule is N#Cc1ccc(C(=O)N(CCc2ccccc2)C2CCOC2)nc1. The van der Waals surface area contributed by atoms with E-state index in [1.54, 1.807) is 12.1 Å². The zero-order chi connectivity index (χ0) is 16.8. The Labute approximate surface area is 141 Å². The zero-order valence-electron chi connectivity index (χ0n) is 13.4. The third-order valence-electron chi connectivity index (χ3n) is 4.20. The molecule has 2 heterocycles. The average molecular weight is 321 g/mol. The van der Waals surface area contributed by atoms with E-state index in [9.17, 15) is 4.79 Å². The molecule has 1 unspecified atom stereocenters. The highest BCUT2D eigenvalue weighted by Crippen LogP contribution is 2.16. The van der Waals surface area contributed by atoms with Crippen molar-refractivity contribution >= 4 is 5.91 Å². The molecular weight excluding hydrogens is 302 g/mol. The lowest BCUT2D eigenvalue weighted by Crippen LogP contribution is -2.42. The van der Waals surface area contributed by atoms with Gasteiger partial charge in [-0.3, -0.25) is 4.79 Å². The topological polar surface area (TPSA) is 66.2 Å². The van der Waals surface area contributed by atoms with Crippen molar-refractivity contribution in [3.63, 3.8) is 0 Å². The van der Waals surface area contributed by atoms with Crippen LogP contribution < -0.4 is 0 Å². The van der Waals surface area contributed by atoms with Crippen LogP contribution in [0.5, 0.6) is 0 Å². The molecule has 0 bridgehead atoms. The molecule has 0 spiro atoms. The molecule has 1 aliphatic heterocycles. The van der Waals surface area contributed by atoms with Crippen LogP contribution in [-0.2, 0) is 11.2 Å². The second-order valence-electron chi connectivity index (χ2n) is 5.80. The van der Waals surface area contributed by atoms with E-state index in [2.05, 4.69) is 17.1 Å². The summed E-state index contributed by atoms with van der Waals surface area (Å²) in [5, 5.41) is 8.86. The van der Waals surface area contributed by atoms with Crippen LogP contribution in [0.25, 0.3) is 0 Å². The molecule has 0 aliphatic carbocycles. The van der Waals surface area contributed by atoms with Crippen LogP contribution in [0, 0.1) is 11.3 Å². The highest BCUT2D eigenvalue weighted by molar-refractivity contribution is 5.92. The molecule has 1 aromatic heterocycles. The van der Waals surface area contributed by atoms with Crippen LogP contribution in [0.15, 0.2) is 48.7 Å². The van der Waals surface area contributed by atoms with Crippen LogP contribution in [0.2, 0.25) is 0 Å². The monoisotopic (exact) mass is 321 g/mol. The van der Waals surface area contributed by atoms with E-state index < -0.39 is 0 Å². The van der Waals surface area contributed by atoms with Gasteiger partial charge in [-0.25, -0.2) is 4.98 Å². The molecule has 3 rings (SSSR count). The zero-order valence-corrected chi connectivity index (χ0v) is 13.4. The number of nitrogens with zero attached hydrogens (tertiary/aromatic N) is 3. The Morgan fingerprint density at radius 3 is 2.75 bits per heavy atom. The Balaban J connectivity index is 1.75. The Hall–Kier alpha value is -2.71. The van der Waals surface area contributed by atoms with E-state index in [0.29, 0.717) is 31.0 Å². The quantitative estimate of drug-likeness (QED) is 0.848. The van der Waals surface area contributed by atoms with Crippen molar-refractivity contribution in [2.24, 2.45) is 0 Å². The van der Waals surface area contributed by atoms with Crippen LogP contribution >= 0.6 is 0 Å². The highest BCUT2D eigenvalue weighted by Gasteiger charge is 2.28. The number of pyridine rings is 1. The Morgan fingerprint density at radius 2 is 2.12 bits per heavy atom. The predicted octanol–water partition coefficient (Wildman–Crippen LogP) is 2.43. The van der Waals surface area contributed by atoms with E-state index in [4.69, 9.17) is 10.00 Å². The fraction of sp³-hybridized carbons (Fsp3) is 0.316. The minimum Gasteiger partial charge on any atom is -0.379 e. The summed E-state index contributed by atoms with van der Waals surface area (Å²) in [5.41, 5.74) is 2.02. The second-order valence-corrected chi connectivity index (χ2v) is 5.80. The van der Waals surface area contributed by atoms with E-state index in [0.717, 1.165) is 12.8 Å². The summed E-state index contributed by atoms with van der Waals surface area (Å²) < 4.78 is 5.46. The first kappa shape index (κ1) is 16.2. The van der Waals surface area contributed by atoms with Gasteiger partial charge in [0.05, 0.1) is 18.2 Å². The van der Waals surface area contributed by atoms with Crippen molar-refractivity contribution < 1.29 is 9.53 Å². The predicted molar refractivity (Wildman–Crippen MR) is 89.4 cm³/mol. The molecule has 122 valence electrons. The van der Waals surface area contributed by atoms with Gasteiger partial charge in [-0.05, 0) is 30.5 Å². The van der Waals surface area contributed by atoms with Crippen molar-refractivity contribution in [3.8, 4) is 6.07 Å². The van der Waals surface area contributed by atoms with Crippen molar-refractivity contribution in [2.45, 2.75) is 18.9 Å². The molecule has 0 radical (unpaired) electrons. The molecular formula is C19H19N3O2. The number of ether oxygens (including phenoxy) is 1. The van der Waals surface area contributed by atoms with Gasteiger partial charge in [0.2, 0.25) is 0 Å². The van der Waals surface area contributed by atoms with Crippen molar-refractivity contribution in [3.05, 3.63) is 65.5 Å². The maximum Gasteiger partial charge on any atom is 0.272 e. The summed E-state index contributed by atoms with van der Waals surface area (Å²) in [6.07, 6.45) is 3.07. The van der Waals surface area contributed by atoms with Gasteiger partial charge in [-0.1, -0.05) is 30.3 Å². The Morgan fingerprint density at radius 1 is 1.29 bits per heavy atom. The molecule has 1 aliphatic rings. The van der Waals surface area contributed by atoms with Crippen LogP contribution in [0.4, 0.5) is 0 Å². The second kappa shape index (κ2) is 7.71. The van der Waals surface area contributed by atoms with E-state index in [1.165, 1.54) is 11.8 Å². The highest BCUT2D eigenvalue weighted by atomic mass is 16.5. The molecule has 0 saturated carbocycles. The van der Waals surface area contributed by atoms with Crippen LogP contribution in [-0.4, -0.2) is 41.6 Å². The van der Waals surface area contributed by atoms with Crippen LogP contribution in [0.1, 0.15) is 28.0 Å². The Bertz CT molecular complexity index is 717. The van der Waals surface area contributed by atoms with Gasteiger partial charge in [0.25, 0.3) is 5.91 Å². The molecule has 5 nitrogen and oxygen atoms in total. The lowest BCUT2D eigenvalue weighted by molar-refractivity contribution is 0.0650. The molecule has 0 N–H and O–H groups in total. The number of rotatable bonds is 5. The first-order chi connectivity index (χ1) is 11.8. The van der Waals surface area contributed by atoms with Gasteiger partial charge in [0, 0.05) is 19.3 Å². The summed E-state index contributed by atoms with van der Waals surface area (Å²) in [7, 11) is 0. The van der Waals surface area contributed by atoms with Gasteiger partial charge in [0.1, 0.15) is 11.8 Å². The Kier molecular flexibility index (Phi) is 5.19. The van der Waals surface area contributed by atoms with Gasteiger partial charge < -0.3 is 9.64 Å². The van der Waals surface area contributed by atoms with E-state index >= 15 is 0 Å². The number of carbonyl (C=O) groups excluding carboxylic acids is 1. The van der Waals surface area contributed by atoms with Gasteiger partial charge >= 0.3 is 0 Å². The standard InChI is InChI=1S/C19H19N3O2/c20-12-16-6-7-18(21-13-16)19(23)22(17-9-11-24-14-17)10-8-15-4-2-1-3-5-15/h1-7,13,17H,8-11,14H2. The summed E-state index contributed by atoms with van der Waals surface area (Å²) in [4.78, 5) is 18.9. The van der Waals surface area contributed by atoms with Crippen molar-refractivity contribution in [1.82, 2.24) is 9.88 Å². The number of hydrogen-bond acceptors (Lipinski definition) is 4. The molecule has 5 heteroatoms. The van der Waals surface area contributed by atoms with Gasteiger partial charge in [-0.15, -0.1) is 0 Å². The largest absolute Gasteiger partial charge is 0.379 e. The molecule has 2 aromatic rings. The van der Waals surface area contributed by atoms with Crippen LogP contribution in [0.3, 0.4) is 0 Å². The number of nitriles is 1. The maximum absolute atomic E-state index is 12.9. The number of aromatic nitrogens is 1. The van der Waals surface area contributed by atoms with E-state index in [1.807, 2.05) is 29.2 Å². The molecule has 1 fully saturated rings. The van der Waals surface area contributed by atoms with Gasteiger partial charge in [0.15, 0.2) is 0 Å². The first-order valence-corrected chi connectivity index (χ1v) is 8.07. The van der Waals surface area contributed by atoms with E-state index in [-0.39, 0.29) is 11.9 Å². The average Bonchev–Trinajstić information content (AvgIpc) is 3.17.